The molecule has 20 heavy (non-hydrogen) atoms. The van der Waals surface area contributed by atoms with Gasteiger partial charge in [0.25, 0.3) is 0 Å². The molecule has 3 rings (SSSR count). The Balaban J connectivity index is 1.75. The standard InChI is InChI=1S/C17H21N3/c1-18-11-14-8-9-16(19-12-14)13-20-10-4-6-15-5-2-3-7-17(15)20/h2-3,5,7-9,12,18H,4,6,10-11,13H2,1H3. The number of hydrogen-bond acceptors (Lipinski definition) is 3. The van der Waals surface area contributed by atoms with Gasteiger partial charge in [-0.3, -0.25) is 4.98 Å². The molecule has 0 amide bonds. The Bertz CT molecular complexity index is 563. The molecule has 0 bridgehead atoms. The van der Waals surface area contributed by atoms with Gasteiger partial charge < -0.3 is 10.2 Å². The van der Waals surface area contributed by atoms with Crippen LogP contribution in [0.2, 0.25) is 0 Å². The lowest BCUT2D eigenvalue weighted by molar-refractivity contribution is 0.683. The SMILES string of the molecule is CNCc1ccc(CN2CCCc3ccccc32)nc1. The topological polar surface area (TPSA) is 28.2 Å². The normalized spacial score (nSPS) is 14.2. The van der Waals surface area contributed by atoms with Gasteiger partial charge in [0.2, 0.25) is 0 Å². The molecule has 0 saturated heterocycles. The highest BCUT2D eigenvalue weighted by Crippen LogP contribution is 2.27. The van der Waals surface area contributed by atoms with E-state index in [1.54, 1.807) is 0 Å². The first-order valence-corrected chi connectivity index (χ1v) is 7.28. The molecule has 1 N–H and O–H groups in total. The smallest absolute Gasteiger partial charge is 0.0602 e. The fourth-order valence-corrected chi connectivity index (χ4v) is 2.83. The van der Waals surface area contributed by atoms with Crippen LogP contribution >= 0.6 is 0 Å². The zero-order valence-corrected chi connectivity index (χ0v) is 12.0. The molecule has 1 aromatic carbocycles. The third-order valence-corrected chi connectivity index (χ3v) is 3.83. The number of para-hydroxylation sites is 1. The summed E-state index contributed by atoms with van der Waals surface area (Å²) in [6.45, 7) is 2.90. The molecule has 1 aliphatic rings. The molecule has 2 heterocycles. The molecule has 0 unspecified atom stereocenters. The average Bonchev–Trinajstić information content (AvgIpc) is 2.50. The summed E-state index contributed by atoms with van der Waals surface area (Å²) < 4.78 is 0. The molecule has 0 saturated carbocycles. The van der Waals surface area contributed by atoms with Crippen molar-refractivity contribution in [1.29, 1.82) is 0 Å². The van der Waals surface area contributed by atoms with Crippen LogP contribution in [0.4, 0.5) is 5.69 Å². The highest BCUT2D eigenvalue weighted by atomic mass is 15.1. The Morgan fingerprint density at radius 3 is 2.90 bits per heavy atom. The molecule has 3 nitrogen and oxygen atoms in total. The predicted octanol–water partition coefficient (Wildman–Crippen LogP) is 2.75. The lowest BCUT2D eigenvalue weighted by Gasteiger charge is -2.31. The Kier molecular flexibility index (Phi) is 3.97. The summed E-state index contributed by atoms with van der Waals surface area (Å²) in [4.78, 5) is 7.03. The van der Waals surface area contributed by atoms with Gasteiger partial charge in [0.05, 0.1) is 12.2 Å². The Labute approximate surface area is 120 Å². The number of aromatic nitrogens is 1. The maximum Gasteiger partial charge on any atom is 0.0602 e. The Hall–Kier alpha value is -1.87. The van der Waals surface area contributed by atoms with Crippen LogP contribution < -0.4 is 10.2 Å². The Morgan fingerprint density at radius 2 is 2.10 bits per heavy atom. The van der Waals surface area contributed by atoms with Crippen LogP contribution in [0.3, 0.4) is 0 Å². The average molecular weight is 267 g/mol. The van der Waals surface area contributed by atoms with Crippen molar-refractivity contribution in [3.63, 3.8) is 0 Å². The molecule has 0 radical (unpaired) electrons. The highest BCUT2D eigenvalue weighted by molar-refractivity contribution is 5.55. The summed E-state index contributed by atoms with van der Waals surface area (Å²) in [5.74, 6) is 0. The number of pyridine rings is 1. The third kappa shape index (κ3) is 2.83. The second kappa shape index (κ2) is 6.06. The molecule has 0 atom stereocenters. The first kappa shape index (κ1) is 13.1. The van der Waals surface area contributed by atoms with Crippen molar-refractivity contribution in [3.8, 4) is 0 Å². The molecular formula is C17H21N3. The molecule has 104 valence electrons. The maximum absolute atomic E-state index is 4.58. The zero-order chi connectivity index (χ0) is 13.8. The number of nitrogens with zero attached hydrogens (tertiary/aromatic N) is 2. The fraction of sp³-hybridized carbons (Fsp3) is 0.353. The van der Waals surface area contributed by atoms with Gasteiger partial charge in [-0.25, -0.2) is 0 Å². The number of nitrogens with one attached hydrogen (secondary N) is 1. The monoisotopic (exact) mass is 267 g/mol. The second-order valence-electron chi connectivity index (χ2n) is 5.34. The van der Waals surface area contributed by atoms with Crippen LogP contribution in [0.15, 0.2) is 42.6 Å². The van der Waals surface area contributed by atoms with Crippen molar-refractivity contribution in [1.82, 2.24) is 10.3 Å². The van der Waals surface area contributed by atoms with E-state index in [2.05, 4.69) is 51.6 Å². The van der Waals surface area contributed by atoms with Crippen molar-refractivity contribution in [2.75, 3.05) is 18.5 Å². The summed E-state index contributed by atoms with van der Waals surface area (Å²) in [5, 5.41) is 3.15. The number of hydrogen-bond donors (Lipinski definition) is 1. The van der Waals surface area contributed by atoms with Crippen LogP contribution in [0.5, 0.6) is 0 Å². The molecule has 0 fully saturated rings. The van der Waals surface area contributed by atoms with Crippen LogP contribution in [0, 0.1) is 0 Å². The van der Waals surface area contributed by atoms with Crippen molar-refractivity contribution < 1.29 is 0 Å². The number of anilines is 1. The van der Waals surface area contributed by atoms with Gasteiger partial charge in [-0.15, -0.1) is 0 Å². The van der Waals surface area contributed by atoms with E-state index in [0.29, 0.717) is 0 Å². The first-order valence-electron chi connectivity index (χ1n) is 7.28. The Morgan fingerprint density at radius 1 is 1.20 bits per heavy atom. The minimum Gasteiger partial charge on any atom is -0.365 e. The van der Waals surface area contributed by atoms with Crippen molar-refractivity contribution in [3.05, 3.63) is 59.4 Å². The van der Waals surface area contributed by atoms with E-state index in [4.69, 9.17) is 0 Å². The molecule has 3 heteroatoms. The van der Waals surface area contributed by atoms with Gasteiger partial charge in [-0.1, -0.05) is 24.3 Å². The largest absolute Gasteiger partial charge is 0.365 e. The van der Waals surface area contributed by atoms with Gasteiger partial charge in [-0.05, 0) is 43.1 Å². The lowest BCUT2D eigenvalue weighted by atomic mass is 10.0. The first-order chi connectivity index (χ1) is 9.86. The fourth-order valence-electron chi connectivity index (χ4n) is 2.83. The molecule has 0 spiro atoms. The van der Waals surface area contributed by atoms with Gasteiger partial charge >= 0.3 is 0 Å². The van der Waals surface area contributed by atoms with Gasteiger partial charge in [0.15, 0.2) is 0 Å². The minimum absolute atomic E-state index is 0.875. The van der Waals surface area contributed by atoms with E-state index in [1.807, 2.05) is 13.2 Å². The number of benzene rings is 1. The molecule has 1 aliphatic heterocycles. The number of rotatable bonds is 4. The molecule has 0 aliphatic carbocycles. The number of aryl methyl sites for hydroxylation is 1. The van der Waals surface area contributed by atoms with E-state index in [1.165, 1.54) is 29.7 Å². The van der Waals surface area contributed by atoms with E-state index in [9.17, 15) is 0 Å². The van der Waals surface area contributed by atoms with E-state index >= 15 is 0 Å². The molecule has 1 aromatic heterocycles. The van der Waals surface area contributed by atoms with Crippen molar-refractivity contribution in [2.45, 2.75) is 25.9 Å². The predicted molar refractivity (Wildman–Crippen MR) is 82.8 cm³/mol. The van der Waals surface area contributed by atoms with Crippen molar-refractivity contribution >= 4 is 5.69 Å². The van der Waals surface area contributed by atoms with Crippen LogP contribution in [0.25, 0.3) is 0 Å². The summed E-state index contributed by atoms with van der Waals surface area (Å²) in [6.07, 6.45) is 4.40. The van der Waals surface area contributed by atoms with E-state index < -0.39 is 0 Å². The van der Waals surface area contributed by atoms with Crippen LogP contribution in [-0.4, -0.2) is 18.6 Å². The minimum atomic E-state index is 0.875. The van der Waals surface area contributed by atoms with Crippen molar-refractivity contribution in [2.24, 2.45) is 0 Å². The van der Waals surface area contributed by atoms with Gasteiger partial charge in [0, 0.05) is 25.0 Å². The highest BCUT2D eigenvalue weighted by Gasteiger charge is 2.16. The second-order valence-corrected chi connectivity index (χ2v) is 5.34. The van der Waals surface area contributed by atoms with Crippen LogP contribution in [0.1, 0.15) is 23.2 Å². The summed E-state index contributed by atoms with van der Waals surface area (Å²) in [6, 6.07) is 13.0. The zero-order valence-electron chi connectivity index (χ0n) is 12.0. The summed E-state index contributed by atoms with van der Waals surface area (Å²) >= 11 is 0. The van der Waals surface area contributed by atoms with E-state index in [-0.39, 0.29) is 0 Å². The van der Waals surface area contributed by atoms with Gasteiger partial charge in [-0.2, -0.15) is 0 Å². The summed E-state index contributed by atoms with van der Waals surface area (Å²) in [5.41, 5.74) is 5.21. The number of fused-ring (bicyclic) bond motifs is 1. The molecule has 2 aromatic rings. The van der Waals surface area contributed by atoms with Gasteiger partial charge in [0.1, 0.15) is 0 Å². The van der Waals surface area contributed by atoms with E-state index in [0.717, 1.165) is 25.3 Å². The summed E-state index contributed by atoms with van der Waals surface area (Å²) in [7, 11) is 1.96. The lowest BCUT2D eigenvalue weighted by Crippen LogP contribution is -2.29. The van der Waals surface area contributed by atoms with Crippen LogP contribution in [-0.2, 0) is 19.5 Å². The quantitative estimate of drug-likeness (QED) is 0.923. The third-order valence-electron chi connectivity index (χ3n) is 3.83. The molecular weight excluding hydrogens is 246 g/mol. The maximum atomic E-state index is 4.58.